The molecule has 0 unspecified atom stereocenters. The van der Waals surface area contributed by atoms with E-state index < -0.39 is 5.60 Å². The maximum absolute atomic E-state index is 12.0. The highest BCUT2D eigenvalue weighted by Crippen LogP contribution is 2.30. The van der Waals surface area contributed by atoms with Gasteiger partial charge in [-0.3, -0.25) is 20.4 Å². The van der Waals surface area contributed by atoms with E-state index in [2.05, 4.69) is 10.9 Å². The van der Waals surface area contributed by atoms with Gasteiger partial charge in [-0.05, 0) is 30.4 Å². The van der Waals surface area contributed by atoms with E-state index in [4.69, 9.17) is 0 Å². The zero-order valence-corrected chi connectivity index (χ0v) is 13.6. The van der Waals surface area contributed by atoms with Crippen LogP contribution in [0.1, 0.15) is 38.5 Å². The Morgan fingerprint density at radius 3 is 2.54 bits per heavy atom. The number of benzene rings is 1. The van der Waals surface area contributed by atoms with E-state index in [0.29, 0.717) is 12.8 Å². The van der Waals surface area contributed by atoms with E-state index in [1.54, 1.807) is 0 Å². The lowest BCUT2D eigenvalue weighted by Crippen LogP contribution is -2.46. The molecule has 0 spiro atoms. The Kier molecular flexibility index (Phi) is 4.85. The van der Waals surface area contributed by atoms with Crippen LogP contribution in [0.15, 0.2) is 36.5 Å². The van der Waals surface area contributed by atoms with Crippen molar-refractivity contribution >= 4 is 22.7 Å². The van der Waals surface area contributed by atoms with Crippen LogP contribution in [0.2, 0.25) is 0 Å². The van der Waals surface area contributed by atoms with Crippen molar-refractivity contribution in [3.8, 4) is 0 Å². The van der Waals surface area contributed by atoms with E-state index in [1.807, 2.05) is 41.1 Å². The second-order valence-corrected chi connectivity index (χ2v) is 6.56. The predicted molar refractivity (Wildman–Crippen MR) is 90.9 cm³/mol. The summed E-state index contributed by atoms with van der Waals surface area (Å²) >= 11 is 0. The van der Waals surface area contributed by atoms with Gasteiger partial charge in [0.25, 0.3) is 5.91 Å². The number of hydrogen-bond acceptors (Lipinski definition) is 3. The fraction of sp³-hybridized carbons (Fsp3) is 0.444. The summed E-state index contributed by atoms with van der Waals surface area (Å²) in [5.41, 5.74) is 4.87. The lowest BCUT2D eigenvalue weighted by Gasteiger charge is -2.31. The Hall–Kier alpha value is -2.34. The van der Waals surface area contributed by atoms with Gasteiger partial charge in [0.2, 0.25) is 5.91 Å². The number of aliphatic hydroxyl groups is 1. The van der Waals surface area contributed by atoms with Gasteiger partial charge in [0.05, 0.1) is 12.0 Å². The second kappa shape index (κ2) is 7.05. The van der Waals surface area contributed by atoms with E-state index >= 15 is 0 Å². The molecule has 0 saturated heterocycles. The topological polar surface area (TPSA) is 83.4 Å². The number of hydrazine groups is 1. The first-order chi connectivity index (χ1) is 11.6. The summed E-state index contributed by atoms with van der Waals surface area (Å²) < 4.78 is 1.82. The van der Waals surface area contributed by atoms with Gasteiger partial charge in [-0.15, -0.1) is 0 Å². The molecular weight excluding hydrogens is 306 g/mol. The molecule has 24 heavy (non-hydrogen) atoms. The van der Waals surface area contributed by atoms with Crippen molar-refractivity contribution in [3.05, 3.63) is 36.5 Å². The van der Waals surface area contributed by atoms with Crippen LogP contribution >= 0.6 is 0 Å². The highest BCUT2D eigenvalue weighted by atomic mass is 16.3. The van der Waals surface area contributed by atoms with Gasteiger partial charge in [-0.25, -0.2) is 0 Å². The molecule has 3 N–H and O–H groups in total. The minimum absolute atomic E-state index is 0.0275. The predicted octanol–water partition coefficient (Wildman–Crippen LogP) is 1.87. The molecule has 1 aliphatic rings. The van der Waals surface area contributed by atoms with E-state index in [9.17, 15) is 14.7 Å². The first kappa shape index (κ1) is 16.5. The lowest BCUT2D eigenvalue weighted by molar-refractivity contribution is -0.133. The lowest BCUT2D eigenvalue weighted by atomic mass is 9.82. The molecule has 1 fully saturated rings. The fourth-order valence-corrected chi connectivity index (χ4v) is 3.34. The Morgan fingerprint density at radius 1 is 1.04 bits per heavy atom. The number of nitrogens with one attached hydrogen (secondary N) is 2. The molecular formula is C18H23N3O3. The number of carbonyl (C=O) groups is 2. The van der Waals surface area contributed by atoms with Crippen LogP contribution in [0.3, 0.4) is 0 Å². The van der Waals surface area contributed by atoms with Gasteiger partial charge in [0, 0.05) is 11.7 Å². The van der Waals surface area contributed by atoms with Gasteiger partial charge in [0.1, 0.15) is 6.54 Å². The molecule has 0 radical (unpaired) electrons. The monoisotopic (exact) mass is 329 g/mol. The Labute approximate surface area is 140 Å². The van der Waals surface area contributed by atoms with Crippen molar-refractivity contribution in [2.24, 2.45) is 0 Å². The molecule has 0 bridgehead atoms. The average molecular weight is 329 g/mol. The van der Waals surface area contributed by atoms with Crippen molar-refractivity contribution in [1.29, 1.82) is 0 Å². The third-order valence-corrected chi connectivity index (χ3v) is 4.61. The molecule has 6 heteroatoms. The number of hydrogen-bond donors (Lipinski definition) is 3. The third kappa shape index (κ3) is 3.94. The Bertz CT molecular complexity index is 732. The summed E-state index contributed by atoms with van der Waals surface area (Å²) in [6.07, 6.45) is 6.14. The number of para-hydroxylation sites is 1. The first-order valence-corrected chi connectivity index (χ1v) is 8.40. The smallest absolute Gasteiger partial charge is 0.258 e. The second-order valence-electron chi connectivity index (χ2n) is 6.56. The molecule has 2 amide bonds. The minimum atomic E-state index is -0.927. The van der Waals surface area contributed by atoms with Gasteiger partial charge in [-0.1, -0.05) is 37.5 Å². The maximum Gasteiger partial charge on any atom is 0.258 e. The van der Waals surface area contributed by atoms with Crippen molar-refractivity contribution in [2.45, 2.75) is 50.7 Å². The standard InChI is InChI=1S/C18H23N3O3/c22-16(12-18(24)9-4-1-5-10-18)19-20-17(23)13-21-11-8-14-6-2-3-7-15(14)21/h2-3,6-8,11,24H,1,4-5,9-10,12-13H2,(H,19,22)(H,20,23). The third-order valence-electron chi connectivity index (χ3n) is 4.61. The van der Waals surface area contributed by atoms with Crippen molar-refractivity contribution in [2.75, 3.05) is 0 Å². The average Bonchev–Trinajstić information content (AvgIpc) is 2.96. The van der Waals surface area contributed by atoms with Crippen molar-refractivity contribution in [3.63, 3.8) is 0 Å². The molecule has 3 rings (SSSR count). The van der Waals surface area contributed by atoms with Crippen LogP contribution in [0.4, 0.5) is 0 Å². The normalized spacial score (nSPS) is 16.7. The van der Waals surface area contributed by atoms with Gasteiger partial charge >= 0.3 is 0 Å². The Morgan fingerprint density at radius 2 is 1.75 bits per heavy atom. The van der Waals surface area contributed by atoms with Crippen LogP contribution in [0, 0.1) is 0 Å². The zero-order valence-electron chi connectivity index (χ0n) is 13.6. The number of rotatable bonds is 4. The van der Waals surface area contributed by atoms with Crippen molar-refractivity contribution in [1.82, 2.24) is 15.4 Å². The van der Waals surface area contributed by atoms with Crippen LogP contribution < -0.4 is 10.9 Å². The molecule has 1 aliphatic carbocycles. The van der Waals surface area contributed by atoms with Crippen LogP contribution in [-0.2, 0) is 16.1 Å². The molecule has 1 aromatic carbocycles. The number of fused-ring (bicyclic) bond motifs is 1. The number of nitrogens with zero attached hydrogens (tertiary/aromatic N) is 1. The van der Waals surface area contributed by atoms with Gasteiger partial charge in [0.15, 0.2) is 0 Å². The molecule has 0 aliphatic heterocycles. The van der Waals surface area contributed by atoms with Crippen LogP contribution in [-0.4, -0.2) is 27.1 Å². The highest BCUT2D eigenvalue weighted by molar-refractivity contribution is 5.85. The largest absolute Gasteiger partial charge is 0.389 e. The van der Waals surface area contributed by atoms with Gasteiger partial charge in [-0.2, -0.15) is 0 Å². The van der Waals surface area contributed by atoms with E-state index in [1.165, 1.54) is 0 Å². The summed E-state index contributed by atoms with van der Waals surface area (Å²) in [6, 6.07) is 9.74. The minimum Gasteiger partial charge on any atom is -0.389 e. The van der Waals surface area contributed by atoms with Crippen LogP contribution in [0.25, 0.3) is 10.9 Å². The molecule has 1 aromatic heterocycles. The SMILES string of the molecule is O=C(Cn1ccc2ccccc21)NNC(=O)CC1(O)CCCCC1. The Balaban J connectivity index is 1.49. The van der Waals surface area contributed by atoms with E-state index in [0.717, 1.165) is 30.2 Å². The van der Waals surface area contributed by atoms with E-state index in [-0.39, 0.29) is 24.8 Å². The zero-order chi connectivity index (χ0) is 17.0. The number of amides is 2. The maximum atomic E-state index is 12.0. The van der Waals surface area contributed by atoms with Crippen LogP contribution in [0.5, 0.6) is 0 Å². The molecule has 2 aromatic rings. The van der Waals surface area contributed by atoms with Gasteiger partial charge < -0.3 is 9.67 Å². The van der Waals surface area contributed by atoms with Crippen molar-refractivity contribution < 1.29 is 14.7 Å². The molecule has 128 valence electrons. The quantitative estimate of drug-likeness (QED) is 0.749. The summed E-state index contributed by atoms with van der Waals surface area (Å²) in [7, 11) is 0. The summed E-state index contributed by atoms with van der Waals surface area (Å²) in [4.78, 5) is 24.0. The molecule has 6 nitrogen and oxygen atoms in total. The number of carbonyl (C=O) groups excluding carboxylic acids is 2. The summed E-state index contributed by atoms with van der Waals surface area (Å²) in [5, 5.41) is 11.4. The summed E-state index contributed by atoms with van der Waals surface area (Å²) in [5.74, 6) is -0.662. The summed E-state index contributed by atoms with van der Waals surface area (Å²) in [6.45, 7) is 0.123. The molecule has 1 heterocycles. The number of aromatic nitrogens is 1. The first-order valence-electron chi connectivity index (χ1n) is 8.40. The molecule has 1 saturated carbocycles. The highest BCUT2D eigenvalue weighted by Gasteiger charge is 2.31. The molecule has 0 atom stereocenters. The fourth-order valence-electron chi connectivity index (χ4n) is 3.34.